The van der Waals surface area contributed by atoms with E-state index in [1.165, 1.54) is 37.7 Å². The van der Waals surface area contributed by atoms with E-state index in [0.717, 1.165) is 12.6 Å². The summed E-state index contributed by atoms with van der Waals surface area (Å²) in [7, 11) is 0. The average molecular weight is 219 g/mol. The van der Waals surface area contributed by atoms with Crippen LogP contribution in [0.4, 0.5) is 4.39 Å². The third-order valence-corrected chi connectivity index (χ3v) is 4.14. The van der Waals surface area contributed by atoms with Gasteiger partial charge in [0.1, 0.15) is 5.82 Å². The third kappa shape index (κ3) is 1.86. The van der Waals surface area contributed by atoms with Gasteiger partial charge in [-0.2, -0.15) is 0 Å². The number of hydrogen-bond acceptors (Lipinski definition) is 1. The first kappa shape index (κ1) is 10.3. The van der Waals surface area contributed by atoms with E-state index < -0.39 is 0 Å². The van der Waals surface area contributed by atoms with Gasteiger partial charge in [-0.3, -0.25) is 0 Å². The van der Waals surface area contributed by atoms with E-state index in [4.69, 9.17) is 0 Å². The lowest BCUT2D eigenvalue weighted by Crippen LogP contribution is -2.39. The fraction of sp³-hybridized carbons (Fsp3) is 0.571. The van der Waals surface area contributed by atoms with Crippen LogP contribution in [0.3, 0.4) is 0 Å². The lowest BCUT2D eigenvalue weighted by Gasteiger charge is -2.29. The van der Waals surface area contributed by atoms with Gasteiger partial charge in [0, 0.05) is 18.0 Å². The smallest absolute Gasteiger partial charge is 0.123 e. The van der Waals surface area contributed by atoms with Crippen LogP contribution in [0, 0.1) is 5.82 Å². The Labute approximate surface area is 96.1 Å². The Bertz CT molecular complexity index is 363. The van der Waals surface area contributed by atoms with Crippen molar-refractivity contribution in [1.29, 1.82) is 0 Å². The Balaban J connectivity index is 1.65. The summed E-state index contributed by atoms with van der Waals surface area (Å²) < 4.78 is 12.9. The van der Waals surface area contributed by atoms with Crippen LogP contribution in [0.5, 0.6) is 0 Å². The molecule has 16 heavy (non-hydrogen) atoms. The molecule has 0 bridgehead atoms. The van der Waals surface area contributed by atoms with Crippen molar-refractivity contribution >= 4 is 0 Å². The van der Waals surface area contributed by atoms with Crippen molar-refractivity contribution in [2.24, 2.45) is 0 Å². The fourth-order valence-corrected chi connectivity index (χ4v) is 2.47. The van der Waals surface area contributed by atoms with Crippen molar-refractivity contribution in [3.8, 4) is 0 Å². The van der Waals surface area contributed by atoms with Gasteiger partial charge in [0.15, 0.2) is 0 Å². The largest absolute Gasteiger partial charge is 0.313 e. The molecule has 2 aliphatic carbocycles. The first-order valence-corrected chi connectivity index (χ1v) is 6.28. The minimum absolute atomic E-state index is 0.133. The Morgan fingerprint density at radius 3 is 2.38 bits per heavy atom. The van der Waals surface area contributed by atoms with Gasteiger partial charge in [-0.05, 0) is 43.4 Å². The predicted octanol–water partition coefficient (Wildman–Crippen LogP) is 3.00. The van der Waals surface area contributed by atoms with Crippen LogP contribution in [0.2, 0.25) is 0 Å². The highest BCUT2D eigenvalue weighted by Crippen LogP contribution is 2.47. The number of nitrogens with one attached hydrogen (secondary N) is 1. The molecule has 1 aromatic carbocycles. The zero-order valence-electron chi connectivity index (χ0n) is 9.51. The van der Waals surface area contributed by atoms with Gasteiger partial charge >= 0.3 is 0 Å². The van der Waals surface area contributed by atoms with Crippen molar-refractivity contribution in [2.75, 3.05) is 6.54 Å². The van der Waals surface area contributed by atoms with Crippen molar-refractivity contribution in [1.82, 2.24) is 5.32 Å². The summed E-state index contributed by atoms with van der Waals surface area (Å²) in [5, 5.41) is 3.64. The van der Waals surface area contributed by atoms with Crippen LogP contribution in [-0.4, -0.2) is 12.6 Å². The topological polar surface area (TPSA) is 12.0 Å². The summed E-state index contributed by atoms with van der Waals surface area (Å²) >= 11 is 0. The summed E-state index contributed by atoms with van der Waals surface area (Å²) in [6.07, 6.45) is 6.54. The van der Waals surface area contributed by atoms with E-state index >= 15 is 0 Å². The molecule has 2 aliphatic rings. The van der Waals surface area contributed by atoms with Gasteiger partial charge < -0.3 is 5.32 Å². The molecule has 0 spiro atoms. The van der Waals surface area contributed by atoms with Crippen LogP contribution in [0.25, 0.3) is 0 Å². The lowest BCUT2D eigenvalue weighted by atomic mass is 9.90. The second-order valence-electron chi connectivity index (χ2n) is 5.30. The molecular formula is C14H18FN. The molecule has 2 heteroatoms. The predicted molar refractivity (Wildman–Crippen MR) is 63.0 cm³/mol. The van der Waals surface area contributed by atoms with Crippen LogP contribution in [0.1, 0.15) is 37.7 Å². The maximum atomic E-state index is 12.9. The molecule has 0 unspecified atom stereocenters. The molecule has 0 heterocycles. The van der Waals surface area contributed by atoms with E-state index in [0.29, 0.717) is 5.41 Å². The monoisotopic (exact) mass is 219 g/mol. The molecule has 0 amide bonds. The second-order valence-corrected chi connectivity index (χ2v) is 5.30. The zero-order chi connectivity index (χ0) is 11.0. The van der Waals surface area contributed by atoms with Gasteiger partial charge in [-0.15, -0.1) is 0 Å². The van der Waals surface area contributed by atoms with E-state index in [1.807, 2.05) is 12.1 Å². The van der Waals surface area contributed by atoms with Crippen molar-refractivity contribution < 1.29 is 4.39 Å². The van der Waals surface area contributed by atoms with Crippen LogP contribution < -0.4 is 5.32 Å². The maximum absolute atomic E-state index is 12.9. The van der Waals surface area contributed by atoms with Crippen molar-refractivity contribution in [3.63, 3.8) is 0 Å². The van der Waals surface area contributed by atoms with Gasteiger partial charge in [0.2, 0.25) is 0 Å². The van der Waals surface area contributed by atoms with E-state index in [2.05, 4.69) is 5.32 Å². The Morgan fingerprint density at radius 2 is 1.88 bits per heavy atom. The van der Waals surface area contributed by atoms with Crippen LogP contribution in [0.15, 0.2) is 24.3 Å². The highest BCUT2D eigenvalue weighted by Gasteiger charge is 2.44. The molecule has 0 radical (unpaired) electrons. The number of benzene rings is 1. The van der Waals surface area contributed by atoms with Crippen LogP contribution in [-0.2, 0) is 5.41 Å². The number of rotatable bonds is 4. The molecule has 0 aromatic heterocycles. The summed E-state index contributed by atoms with van der Waals surface area (Å²) in [6.45, 7) is 1.07. The SMILES string of the molecule is Fc1ccc(C2(CNC3CCC3)CC2)cc1. The molecule has 0 aliphatic heterocycles. The Kier molecular flexibility index (Phi) is 2.47. The number of hydrogen-bond donors (Lipinski definition) is 1. The highest BCUT2D eigenvalue weighted by atomic mass is 19.1. The molecule has 0 atom stereocenters. The molecule has 0 saturated heterocycles. The second kappa shape index (κ2) is 3.85. The van der Waals surface area contributed by atoms with Crippen molar-refractivity contribution in [2.45, 2.75) is 43.6 Å². The molecule has 1 aromatic rings. The quantitative estimate of drug-likeness (QED) is 0.821. The van der Waals surface area contributed by atoms with Crippen LogP contribution >= 0.6 is 0 Å². The summed E-state index contributed by atoms with van der Waals surface area (Å²) in [6, 6.07) is 7.81. The molecule has 1 nitrogen and oxygen atoms in total. The lowest BCUT2D eigenvalue weighted by molar-refractivity contribution is 0.328. The standard InChI is InChI=1S/C14H18FN/c15-12-6-4-11(5-7-12)14(8-9-14)10-16-13-2-1-3-13/h4-7,13,16H,1-3,8-10H2. The van der Waals surface area contributed by atoms with Gasteiger partial charge in [-0.1, -0.05) is 18.6 Å². The van der Waals surface area contributed by atoms with Crippen molar-refractivity contribution in [3.05, 3.63) is 35.6 Å². The molecule has 86 valence electrons. The third-order valence-electron chi connectivity index (χ3n) is 4.14. The zero-order valence-corrected chi connectivity index (χ0v) is 9.51. The normalized spacial score (nSPS) is 22.8. The van der Waals surface area contributed by atoms with E-state index in [1.54, 1.807) is 12.1 Å². The molecule has 2 saturated carbocycles. The fourth-order valence-electron chi connectivity index (χ4n) is 2.47. The van der Waals surface area contributed by atoms with Gasteiger partial charge in [0.05, 0.1) is 0 Å². The molecular weight excluding hydrogens is 201 g/mol. The summed E-state index contributed by atoms with van der Waals surface area (Å²) in [5.74, 6) is -0.133. The first-order chi connectivity index (χ1) is 7.78. The number of halogens is 1. The highest BCUT2D eigenvalue weighted by molar-refractivity contribution is 5.32. The Morgan fingerprint density at radius 1 is 1.19 bits per heavy atom. The maximum Gasteiger partial charge on any atom is 0.123 e. The molecule has 1 N–H and O–H groups in total. The minimum Gasteiger partial charge on any atom is -0.313 e. The van der Waals surface area contributed by atoms with E-state index in [-0.39, 0.29) is 5.82 Å². The minimum atomic E-state index is -0.133. The van der Waals surface area contributed by atoms with Gasteiger partial charge in [0.25, 0.3) is 0 Å². The molecule has 3 rings (SSSR count). The summed E-state index contributed by atoms with van der Waals surface area (Å²) in [4.78, 5) is 0. The summed E-state index contributed by atoms with van der Waals surface area (Å²) in [5.41, 5.74) is 1.63. The van der Waals surface area contributed by atoms with Gasteiger partial charge in [-0.25, -0.2) is 4.39 Å². The first-order valence-electron chi connectivity index (χ1n) is 6.28. The van der Waals surface area contributed by atoms with E-state index in [9.17, 15) is 4.39 Å². The average Bonchev–Trinajstić information content (AvgIpc) is 2.98. The Hall–Kier alpha value is -0.890. The molecule has 2 fully saturated rings.